The molecule has 0 radical (unpaired) electrons. The number of nitro groups is 2. The summed E-state index contributed by atoms with van der Waals surface area (Å²) in [5.41, 5.74) is 0.520. The van der Waals surface area contributed by atoms with Crippen LogP contribution in [0.1, 0.15) is 19.8 Å². The highest BCUT2D eigenvalue weighted by atomic mass is 16.6. The number of nitro benzene ring substituents is 2. The summed E-state index contributed by atoms with van der Waals surface area (Å²) < 4.78 is 0. The Morgan fingerprint density at radius 3 is 2.12 bits per heavy atom. The molecule has 9 nitrogen and oxygen atoms in total. The van der Waals surface area contributed by atoms with Crippen LogP contribution in [0.4, 0.5) is 28.4 Å². The van der Waals surface area contributed by atoms with Crippen molar-refractivity contribution in [2.24, 2.45) is 10.2 Å². The van der Waals surface area contributed by atoms with E-state index >= 15 is 0 Å². The maximum absolute atomic E-state index is 10.9. The number of azo groups is 1. The Kier molecular flexibility index (Phi) is 6.10. The van der Waals surface area contributed by atoms with Gasteiger partial charge in [0.25, 0.3) is 0 Å². The van der Waals surface area contributed by atoms with Crippen LogP contribution in [0.2, 0.25) is 0 Å². The topological polar surface area (TPSA) is 123 Å². The summed E-state index contributed by atoms with van der Waals surface area (Å²) in [5.74, 6) is 0. The molecule has 9 heteroatoms. The monoisotopic (exact) mass is 343 g/mol. The van der Waals surface area contributed by atoms with Crippen LogP contribution in [0.25, 0.3) is 0 Å². The molecule has 1 N–H and O–H groups in total. The molecule has 2 aromatic rings. The average molecular weight is 343 g/mol. The predicted octanol–water partition coefficient (Wildman–Crippen LogP) is 5.13. The predicted molar refractivity (Wildman–Crippen MR) is 93.8 cm³/mol. The van der Waals surface area contributed by atoms with Crippen molar-refractivity contribution >= 4 is 28.4 Å². The molecule has 0 heterocycles. The Morgan fingerprint density at radius 2 is 1.52 bits per heavy atom. The van der Waals surface area contributed by atoms with E-state index in [2.05, 4.69) is 22.5 Å². The number of nitrogens with zero attached hydrogens (tertiary/aromatic N) is 4. The van der Waals surface area contributed by atoms with E-state index < -0.39 is 21.2 Å². The Bertz CT molecular complexity index is 790. The third-order valence-electron chi connectivity index (χ3n) is 3.36. The van der Waals surface area contributed by atoms with Crippen LogP contribution in [0, 0.1) is 20.2 Å². The number of hydrogen-bond donors (Lipinski definition) is 1. The van der Waals surface area contributed by atoms with Gasteiger partial charge in [0.2, 0.25) is 0 Å². The molecule has 0 aliphatic rings. The molecule has 25 heavy (non-hydrogen) atoms. The van der Waals surface area contributed by atoms with E-state index in [4.69, 9.17) is 0 Å². The highest BCUT2D eigenvalue weighted by Gasteiger charge is 2.24. The quantitative estimate of drug-likeness (QED) is 0.308. The van der Waals surface area contributed by atoms with Gasteiger partial charge in [-0.25, -0.2) is 0 Å². The molecule has 0 aliphatic heterocycles. The molecule has 0 atom stereocenters. The van der Waals surface area contributed by atoms with Crippen molar-refractivity contribution < 1.29 is 9.85 Å². The molecule has 2 rings (SSSR count). The summed E-state index contributed by atoms with van der Waals surface area (Å²) in [7, 11) is 0. The molecule has 0 saturated carbocycles. The standard InChI is InChI=1S/C16H17N5O4/c1-2-3-10-17-12-4-6-13(7-5-12)18-19-14-8-9-15(20(22)23)16(11-14)21(24)25/h4-9,11,17H,2-3,10H2,1H3. The van der Waals surface area contributed by atoms with E-state index in [-0.39, 0.29) is 5.69 Å². The third kappa shape index (κ3) is 5.06. The summed E-state index contributed by atoms with van der Waals surface area (Å²) in [5, 5.41) is 32.9. The zero-order chi connectivity index (χ0) is 18.2. The molecule has 130 valence electrons. The summed E-state index contributed by atoms with van der Waals surface area (Å²) in [6.45, 7) is 3.01. The van der Waals surface area contributed by atoms with E-state index in [1.807, 2.05) is 12.1 Å². The first-order chi connectivity index (χ1) is 12.0. The normalized spacial score (nSPS) is 10.8. The minimum absolute atomic E-state index is 0.169. The van der Waals surface area contributed by atoms with E-state index in [1.54, 1.807) is 12.1 Å². The number of hydrogen-bond acceptors (Lipinski definition) is 7. The Morgan fingerprint density at radius 1 is 0.920 bits per heavy atom. The van der Waals surface area contributed by atoms with Crippen LogP contribution in [-0.2, 0) is 0 Å². The second-order valence-corrected chi connectivity index (χ2v) is 5.21. The number of nitrogens with one attached hydrogen (secondary N) is 1. The van der Waals surface area contributed by atoms with Gasteiger partial charge in [-0.1, -0.05) is 13.3 Å². The molecule has 0 amide bonds. The van der Waals surface area contributed by atoms with Crippen LogP contribution in [-0.4, -0.2) is 16.4 Å². The number of rotatable bonds is 8. The van der Waals surface area contributed by atoms with Gasteiger partial charge in [0.15, 0.2) is 0 Å². The molecule has 0 bridgehead atoms. The minimum Gasteiger partial charge on any atom is -0.385 e. The smallest absolute Gasteiger partial charge is 0.348 e. The summed E-state index contributed by atoms with van der Waals surface area (Å²) in [4.78, 5) is 20.1. The van der Waals surface area contributed by atoms with Crippen molar-refractivity contribution in [3.05, 3.63) is 62.7 Å². The minimum atomic E-state index is -0.812. The fraction of sp³-hybridized carbons (Fsp3) is 0.250. The van der Waals surface area contributed by atoms with Crippen LogP contribution >= 0.6 is 0 Å². The van der Waals surface area contributed by atoms with Crippen molar-refractivity contribution in [3.8, 4) is 0 Å². The molecule has 0 spiro atoms. The molecule has 0 aromatic heterocycles. The second kappa shape index (κ2) is 8.48. The van der Waals surface area contributed by atoms with Gasteiger partial charge in [-0.3, -0.25) is 20.2 Å². The summed E-state index contributed by atoms with van der Waals surface area (Å²) >= 11 is 0. The first kappa shape index (κ1) is 18.0. The fourth-order valence-electron chi connectivity index (χ4n) is 2.05. The first-order valence-electron chi connectivity index (χ1n) is 7.69. The van der Waals surface area contributed by atoms with Crippen LogP contribution in [0.3, 0.4) is 0 Å². The van der Waals surface area contributed by atoms with Crippen LogP contribution < -0.4 is 5.32 Å². The summed E-state index contributed by atoms with van der Waals surface area (Å²) in [6, 6.07) is 10.6. The van der Waals surface area contributed by atoms with E-state index in [9.17, 15) is 20.2 Å². The largest absolute Gasteiger partial charge is 0.385 e. The van der Waals surface area contributed by atoms with E-state index in [1.165, 1.54) is 6.07 Å². The van der Waals surface area contributed by atoms with Crippen molar-refractivity contribution in [2.45, 2.75) is 19.8 Å². The molecule has 0 aliphatic carbocycles. The second-order valence-electron chi connectivity index (χ2n) is 5.21. The molecule has 2 aromatic carbocycles. The van der Waals surface area contributed by atoms with Crippen LogP contribution in [0.5, 0.6) is 0 Å². The van der Waals surface area contributed by atoms with Crippen molar-refractivity contribution in [1.29, 1.82) is 0 Å². The number of anilines is 1. The zero-order valence-electron chi connectivity index (χ0n) is 13.6. The van der Waals surface area contributed by atoms with Crippen molar-refractivity contribution in [1.82, 2.24) is 0 Å². The van der Waals surface area contributed by atoms with Crippen LogP contribution in [0.15, 0.2) is 52.7 Å². The lowest BCUT2D eigenvalue weighted by atomic mass is 10.2. The van der Waals surface area contributed by atoms with Gasteiger partial charge < -0.3 is 5.32 Å². The zero-order valence-corrected chi connectivity index (χ0v) is 13.6. The van der Waals surface area contributed by atoms with Gasteiger partial charge >= 0.3 is 11.4 Å². The Labute approximate surface area is 143 Å². The fourth-order valence-corrected chi connectivity index (χ4v) is 2.05. The van der Waals surface area contributed by atoms with Gasteiger partial charge in [-0.2, -0.15) is 10.2 Å². The number of benzene rings is 2. The lowest BCUT2D eigenvalue weighted by molar-refractivity contribution is -0.422. The Hall–Kier alpha value is -3.36. The van der Waals surface area contributed by atoms with Gasteiger partial charge in [0.1, 0.15) is 0 Å². The first-order valence-corrected chi connectivity index (χ1v) is 7.69. The van der Waals surface area contributed by atoms with Gasteiger partial charge in [0.05, 0.1) is 27.3 Å². The lowest BCUT2D eigenvalue weighted by Gasteiger charge is -2.04. The van der Waals surface area contributed by atoms with E-state index in [0.29, 0.717) is 5.69 Å². The lowest BCUT2D eigenvalue weighted by Crippen LogP contribution is -1.99. The highest BCUT2D eigenvalue weighted by molar-refractivity contribution is 5.60. The van der Waals surface area contributed by atoms with Gasteiger partial charge in [0, 0.05) is 18.3 Å². The maximum Gasteiger partial charge on any atom is 0.348 e. The van der Waals surface area contributed by atoms with Gasteiger partial charge in [-0.15, -0.1) is 0 Å². The molecule has 0 saturated heterocycles. The van der Waals surface area contributed by atoms with Crippen molar-refractivity contribution in [2.75, 3.05) is 11.9 Å². The van der Waals surface area contributed by atoms with E-state index in [0.717, 1.165) is 37.2 Å². The molecule has 0 fully saturated rings. The average Bonchev–Trinajstić information content (AvgIpc) is 2.61. The molecule has 0 unspecified atom stereocenters. The van der Waals surface area contributed by atoms with Gasteiger partial charge in [-0.05, 0) is 36.8 Å². The maximum atomic E-state index is 10.9. The summed E-state index contributed by atoms with van der Waals surface area (Å²) in [6.07, 6.45) is 2.20. The highest BCUT2D eigenvalue weighted by Crippen LogP contribution is 2.31. The third-order valence-corrected chi connectivity index (χ3v) is 3.36. The molecular formula is C16H17N5O4. The Balaban J connectivity index is 2.12. The molecular weight excluding hydrogens is 326 g/mol. The number of unbranched alkanes of at least 4 members (excludes halogenated alkanes) is 1. The SMILES string of the molecule is CCCCNc1ccc(N=Nc2ccc([N+](=O)[O-])c([N+](=O)[O-])c2)cc1. The van der Waals surface area contributed by atoms with Crippen molar-refractivity contribution in [3.63, 3.8) is 0 Å².